The molecule has 2 atom stereocenters. The molecule has 0 unspecified atom stereocenters. The van der Waals surface area contributed by atoms with E-state index < -0.39 is 22.4 Å². The number of phenolic OH excluding ortho intramolecular Hbond substituents is 1. The van der Waals surface area contributed by atoms with Gasteiger partial charge >= 0.3 is 5.69 Å². The number of ketones is 1. The Morgan fingerprint density at radius 2 is 1.78 bits per heavy atom. The molecule has 0 radical (unpaired) electrons. The van der Waals surface area contributed by atoms with Gasteiger partial charge in [-0.1, -0.05) is 24.3 Å². The molecule has 3 aromatic carbocycles. The second kappa shape index (κ2) is 9.85. The first kappa shape index (κ1) is 24.2. The number of hydrogen-bond acceptors (Lipinski definition) is 8. The molecular formula is C28H27N3O6. The van der Waals surface area contributed by atoms with Gasteiger partial charge in [0.25, 0.3) is 0 Å². The number of allylic oxidation sites excluding steroid dienone is 1. The summed E-state index contributed by atoms with van der Waals surface area (Å²) >= 11 is 0. The zero-order valence-corrected chi connectivity index (χ0v) is 20.5. The molecule has 0 amide bonds. The lowest BCUT2D eigenvalue weighted by atomic mass is 9.78. The highest BCUT2D eigenvalue weighted by molar-refractivity contribution is 6.01. The Hall–Kier alpha value is -4.53. The molecule has 0 saturated carbocycles. The van der Waals surface area contributed by atoms with Gasteiger partial charge in [-0.3, -0.25) is 14.9 Å². The number of hydrogen-bond donors (Lipinski definition) is 3. The van der Waals surface area contributed by atoms with Gasteiger partial charge in [-0.25, -0.2) is 0 Å². The monoisotopic (exact) mass is 501 g/mol. The summed E-state index contributed by atoms with van der Waals surface area (Å²) in [5.41, 5.74) is 3.84. The molecule has 0 bridgehead atoms. The molecule has 3 N–H and O–H groups in total. The normalized spacial score (nSPS) is 18.6. The molecule has 0 spiro atoms. The highest BCUT2D eigenvalue weighted by Gasteiger charge is 2.37. The molecular weight excluding hydrogens is 474 g/mol. The van der Waals surface area contributed by atoms with Gasteiger partial charge in [-0.2, -0.15) is 0 Å². The zero-order chi connectivity index (χ0) is 26.1. The smallest absolute Gasteiger partial charge is 0.315 e. The van der Waals surface area contributed by atoms with Gasteiger partial charge in [0.2, 0.25) is 5.75 Å². The number of nitro groups is 1. The number of methoxy groups -OCH3 is 1. The van der Waals surface area contributed by atoms with Gasteiger partial charge in [-0.05, 0) is 60.7 Å². The van der Waals surface area contributed by atoms with Crippen molar-refractivity contribution in [3.05, 3.63) is 93.2 Å². The summed E-state index contributed by atoms with van der Waals surface area (Å²) in [5.74, 6) is 0.111. The summed E-state index contributed by atoms with van der Waals surface area (Å²) in [4.78, 5) is 24.8. The van der Waals surface area contributed by atoms with Crippen molar-refractivity contribution in [3.63, 3.8) is 0 Å². The molecule has 1 heterocycles. The maximum Gasteiger partial charge on any atom is 0.315 e. The van der Waals surface area contributed by atoms with Crippen molar-refractivity contribution in [1.29, 1.82) is 0 Å². The molecule has 9 heteroatoms. The van der Waals surface area contributed by atoms with Gasteiger partial charge in [0.1, 0.15) is 5.75 Å². The molecule has 1 aliphatic carbocycles. The molecule has 0 saturated heterocycles. The number of phenols is 1. The highest BCUT2D eigenvalue weighted by atomic mass is 16.6. The molecule has 9 nitrogen and oxygen atoms in total. The van der Waals surface area contributed by atoms with E-state index in [-0.39, 0.29) is 24.1 Å². The van der Waals surface area contributed by atoms with Crippen molar-refractivity contribution in [2.45, 2.75) is 31.7 Å². The van der Waals surface area contributed by atoms with Crippen LogP contribution in [0.15, 0.2) is 71.9 Å². The Balaban J connectivity index is 1.63. The Labute approximate surface area is 213 Å². The number of nitro benzene ring substituents is 1. The van der Waals surface area contributed by atoms with Gasteiger partial charge < -0.3 is 25.2 Å². The summed E-state index contributed by atoms with van der Waals surface area (Å²) in [5, 5.41) is 29.0. The van der Waals surface area contributed by atoms with Crippen LogP contribution in [0.3, 0.4) is 0 Å². The second-order valence-electron chi connectivity index (χ2n) is 9.02. The van der Waals surface area contributed by atoms with Crippen LogP contribution in [-0.2, 0) is 4.79 Å². The highest BCUT2D eigenvalue weighted by Crippen LogP contribution is 2.47. The van der Waals surface area contributed by atoms with E-state index in [1.54, 1.807) is 20.1 Å². The lowest BCUT2D eigenvalue weighted by Crippen LogP contribution is -2.27. The van der Waals surface area contributed by atoms with Crippen molar-refractivity contribution < 1.29 is 24.3 Å². The fourth-order valence-electron chi connectivity index (χ4n) is 5.04. The molecule has 2 aliphatic rings. The maximum atomic E-state index is 13.7. The van der Waals surface area contributed by atoms with Crippen LogP contribution in [0.1, 0.15) is 42.9 Å². The van der Waals surface area contributed by atoms with E-state index >= 15 is 0 Å². The topological polar surface area (TPSA) is 123 Å². The summed E-state index contributed by atoms with van der Waals surface area (Å²) in [6.07, 6.45) is 0.873. The van der Waals surface area contributed by atoms with Crippen LogP contribution >= 0.6 is 0 Å². The average Bonchev–Trinajstić information content (AvgIpc) is 3.07. The van der Waals surface area contributed by atoms with E-state index in [1.807, 2.05) is 48.5 Å². The second-order valence-corrected chi connectivity index (χ2v) is 9.02. The average molecular weight is 502 g/mol. The summed E-state index contributed by atoms with van der Waals surface area (Å²) in [6.45, 7) is 1.94. The Morgan fingerprint density at radius 1 is 1.05 bits per heavy atom. The van der Waals surface area contributed by atoms with Crippen molar-refractivity contribution in [2.75, 3.05) is 24.4 Å². The number of carbonyl (C=O) groups is 1. The number of ether oxygens (including phenoxy) is 2. The van der Waals surface area contributed by atoms with Crippen LogP contribution in [0.5, 0.6) is 17.2 Å². The third-order valence-electron chi connectivity index (χ3n) is 6.80. The molecule has 3 aromatic rings. The molecule has 5 rings (SSSR count). The standard InChI is InChI=1S/C28H27N3O6/c1-3-37-25-15-18(13-23(28(25)33)31(34)35)27-26-22(29-20-6-4-5-7-21(20)30-27)12-17(14-24(26)32)16-8-10-19(36-2)11-9-16/h4-11,13,15,17,27,29-30,33H,3,12,14H2,1-2H3/t17-,27-/m0/s1. The van der Waals surface area contributed by atoms with Crippen molar-refractivity contribution in [3.8, 4) is 17.2 Å². The van der Waals surface area contributed by atoms with Crippen LogP contribution in [-0.4, -0.2) is 29.5 Å². The number of nitrogens with one attached hydrogen (secondary N) is 2. The number of Topliss-reactive ketones (excluding diaryl/α,β-unsaturated/α-hetero) is 1. The molecule has 0 aromatic heterocycles. The first-order chi connectivity index (χ1) is 17.9. The molecule has 37 heavy (non-hydrogen) atoms. The molecule has 190 valence electrons. The van der Waals surface area contributed by atoms with Crippen LogP contribution < -0.4 is 20.1 Å². The number of benzene rings is 3. The van der Waals surface area contributed by atoms with Crippen LogP contribution in [0.2, 0.25) is 0 Å². The number of anilines is 2. The van der Waals surface area contributed by atoms with Gasteiger partial charge in [0.15, 0.2) is 11.5 Å². The number of aromatic hydroxyl groups is 1. The number of carbonyl (C=O) groups excluding carboxylic acids is 1. The van der Waals surface area contributed by atoms with Crippen molar-refractivity contribution in [2.24, 2.45) is 0 Å². The van der Waals surface area contributed by atoms with Crippen LogP contribution in [0, 0.1) is 10.1 Å². The van der Waals surface area contributed by atoms with E-state index in [2.05, 4.69) is 10.6 Å². The predicted octanol–water partition coefficient (Wildman–Crippen LogP) is 5.69. The summed E-state index contributed by atoms with van der Waals surface area (Å²) in [7, 11) is 1.61. The first-order valence-corrected chi connectivity index (χ1v) is 12.1. The van der Waals surface area contributed by atoms with Gasteiger partial charge in [0, 0.05) is 23.8 Å². The van der Waals surface area contributed by atoms with Gasteiger partial charge in [0.05, 0.1) is 36.1 Å². The van der Waals surface area contributed by atoms with Crippen molar-refractivity contribution in [1.82, 2.24) is 0 Å². The van der Waals surface area contributed by atoms with Crippen LogP contribution in [0.4, 0.5) is 17.1 Å². The fourth-order valence-corrected chi connectivity index (χ4v) is 5.04. The minimum atomic E-state index is -0.686. The molecule has 1 aliphatic heterocycles. The Kier molecular flexibility index (Phi) is 6.43. The maximum absolute atomic E-state index is 13.7. The lowest BCUT2D eigenvalue weighted by Gasteiger charge is -2.30. The third-order valence-corrected chi connectivity index (χ3v) is 6.80. The number of nitrogens with zero attached hydrogens (tertiary/aromatic N) is 1. The zero-order valence-electron chi connectivity index (χ0n) is 20.5. The Bertz CT molecular complexity index is 1400. The van der Waals surface area contributed by atoms with E-state index in [0.717, 1.165) is 28.4 Å². The van der Waals surface area contributed by atoms with Gasteiger partial charge in [-0.15, -0.1) is 0 Å². The lowest BCUT2D eigenvalue weighted by molar-refractivity contribution is -0.386. The van der Waals surface area contributed by atoms with Crippen molar-refractivity contribution >= 4 is 22.8 Å². The van der Waals surface area contributed by atoms with E-state index in [1.165, 1.54) is 6.07 Å². The largest absolute Gasteiger partial charge is 0.500 e. The number of rotatable bonds is 6. The first-order valence-electron chi connectivity index (χ1n) is 12.1. The van der Waals surface area contributed by atoms with E-state index in [0.29, 0.717) is 24.0 Å². The van der Waals surface area contributed by atoms with E-state index in [4.69, 9.17) is 9.47 Å². The fraction of sp³-hybridized carbons (Fsp3) is 0.250. The van der Waals surface area contributed by atoms with E-state index in [9.17, 15) is 20.0 Å². The minimum absolute atomic E-state index is 0.000471. The summed E-state index contributed by atoms with van der Waals surface area (Å²) in [6, 6.07) is 17.5. The minimum Gasteiger partial charge on any atom is -0.500 e. The quantitative estimate of drug-likeness (QED) is 0.291. The number of fused-ring (bicyclic) bond motifs is 1. The third kappa shape index (κ3) is 4.55. The predicted molar refractivity (Wildman–Crippen MR) is 139 cm³/mol. The molecule has 0 fully saturated rings. The SMILES string of the molecule is CCOc1cc([C@@H]2Nc3ccccc3NC3=C2C(=O)C[C@@H](c2ccc(OC)cc2)C3)cc([N+](=O)[O-])c1O. The Morgan fingerprint density at radius 3 is 2.46 bits per heavy atom. The summed E-state index contributed by atoms with van der Waals surface area (Å²) < 4.78 is 10.8. The van der Waals surface area contributed by atoms with Crippen LogP contribution in [0.25, 0.3) is 0 Å². The number of para-hydroxylation sites is 2.